The summed E-state index contributed by atoms with van der Waals surface area (Å²) in [6.07, 6.45) is 4.41. The highest BCUT2D eigenvalue weighted by Gasteiger charge is 2.22. The van der Waals surface area contributed by atoms with E-state index in [9.17, 15) is 9.18 Å². The van der Waals surface area contributed by atoms with Gasteiger partial charge in [-0.2, -0.15) is 0 Å². The minimum Gasteiger partial charge on any atom is -0.478 e. The number of nitrogens with two attached hydrogens (primary N) is 1. The van der Waals surface area contributed by atoms with Crippen LogP contribution in [0.1, 0.15) is 43.0 Å². The molecule has 5 heteroatoms. The van der Waals surface area contributed by atoms with Gasteiger partial charge in [-0.05, 0) is 25.8 Å². The third-order valence-corrected chi connectivity index (χ3v) is 3.71. The normalized spacial score (nSPS) is 20.1. The van der Waals surface area contributed by atoms with Crippen LogP contribution in [0.3, 0.4) is 0 Å². The Morgan fingerprint density at radius 1 is 1.42 bits per heavy atom. The average molecular weight is 266 g/mol. The van der Waals surface area contributed by atoms with Crippen LogP contribution in [0.25, 0.3) is 0 Å². The third-order valence-electron chi connectivity index (χ3n) is 3.71. The molecule has 0 aromatic heterocycles. The zero-order valence-electron chi connectivity index (χ0n) is 11.0. The molecule has 1 saturated heterocycles. The monoisotopic (exact) mass is 266 g/mol. The lowest BCUT2D eigenvalue weighted by Gasteiger charge is -2.30. The van der Waals surface area contributed by atoms with Crippen molar-refractivity contribution in [1.29, 1.82) is 0 Å². The van der Waals surface area contributed by atoms with Gasteiger partial charge in [0.05, 0.1) is 16.9 Å². The summed E-state index contributed by atoms with van der Waals surface area (Å²) in [4.78, 5) is 13.0. The van der Waals surface area contributed by atoms with Crippen molar-refractivity contribution in [3.63, 3.8) is 0 Å². The number of nitrogens with zero attached hydrogens (tertiary/aromatic N) is 1. The van der Waals surface area contributed by atoms with Crippen molar-refractivity contribution < 1.29 is 14.3 Å². The average Bonchev–Trinajstić information content (AvgIpc) is 2.56. The molecule has 1 aliphatic rings. The van der Waals surface area contributed by atoms with Gasteiger partial charge in [0.1, 0.15) is 5.82 Å². The molecule has 1 fully saturated rings. The van der Waals surface area contributed by atoms with Crippen LogP contribution in [0.15, 0.2) is 12.1 Å². The number of carboxylic acid groups (broad SMARTS) is 1. The number of nitrogen functional groups attached to an aromatic ring is 1. The maximum absolute atomic E-state index is 13.8. The van der Waals surface area contributed by atoms with E-state index in [-0.39, 0.29) is 5.56 Å². The Hall–Kier alpha value is -1.78. The number of halogens is 1. The van der Waals surface area contributed by atoms with Crippen LogP contribution in [-0.4, -0.2) is 23.7 Å². The number of hydrogen-bond acceptors (Lipinski definition) is 3. The summed E-state index contributed by atoms with van der Waals surface area (Å²) in [5.41, 5.74) is 6.46. The van der Waals surface area contributed by atoms with E-state index in [1.165, 1.54) is 12.1 Å². The fourth-order valence-electron chi connectivity index (χ4n) is 2.62. The first-order valence-corrected chi connectivity index (χ1v) is 6.59. The highest BCUT2D eigenvalue weighted by Crippen LogP contribution is 2.31. The molecule has 0 aliphatic carbocycles. The van der Waals surface area contributed by atoms with Crippen molar-refractivity contribution >= 4 is 17.3 Å². The molecule has 0 saturated carbocycles. The second kappa shape index (κ2) is 5.47. The molecule has 1 atom stereocenters. The summed E-state index contributed by atoms with van der Waals surface area (Å²) in [7, 11) is 0. The van der Waals surface area contributed by atoms with Crippen LogP contribution in [0.5, 0.6) is 0 Å². The molecule has 1 aliphatic heterocycles. The minimum atomic E-state index is -1.29. The maximum Gasteiger partial charge on any atom is 0.338 e. The smallest absolute Gasteiger partial charge is 0.338 e. The molecule has 0 amide bonds. The van der Waals surface area contributed by atoms with Crippen molar-refractivity contribution in [2.75, 3.05) is 17.2 Å². The lowest BCUT2D eigenvalue weighted by atomic mass is 10.1. The standard InChI is InChI=1S/C14H19FN2O2/c1-9-5-3-2-4-6-17(9)13-8-11(15)10(14(18)19)7-12(13)16/h7-9H,2-6,16H2,1H3,(H,18,19). The molecule has 0 bridgehead atoms. The van der Waals surface area contributed by atoms with E-state index in [0.29, 0.717) is 17.4 Å². The molecular formula is C14H19FN2O2. The quantitative estimate of drug-likeness (QED) is 0.808. The van der Waals surface area contributed by atoms with Crippen LogP contribution < -0.4 is 10.6 Å². The Morgan fingerprint density at radius 3 is 2.84 bits per heavy atom. The molecule has 3 N–H and O–H groups in total. The molecule has 0 radical (unpaired) electrons. The minimum absolute atomic E-state index is 0.292. The Morgan fingerprint density at radius 2 is 2.16 bits per heavy atom. The number of aromatic carboxylic acids is 1. The van der Waals surface area contributed by atoms with Crippen LogP contribution in [0, 0.1) is 5.82 Å². The van der Waals surface area contributed by atoms with Gasteiger partial charge in [0.25, 0.3) is 0 Å². The number of carbonyl (C=O) groups is 1. The van der Waals surface area contributed by atoms with Crippen LogP contribution in [0.4, 0.5) is 15.8 Å². The molecule has 1 heterocycles. The molecule has 19 heavy (non-hydrogen) atoms. The number of carboxylic acids is 1. The van der Waals surface area contributed by atoms with E-state index in [0.717, 1.165) is 32.2 Å². The summed E-state index contributed by atoms with van der Waals surface area (Å²) >= 11 is 0. The van der Waals surface area contributed by atoms with Gasteiger partial charge in [-0.15, -0.1) is 0 Å². The van der Waals surface area contributed by atoms with Crippen molar-refractivity contribution in [2.24, 2.45) is 0 Å². The first kappa shape index (κ1) is 13.6. The maximum atomic E-state index is 13.8. The van der Waals surface area contributed by atoms with Gasteiger partial charge in [-0.25, -0.2) is 9.18 Å². The first-order chi connectivity index (χ1) is 9.00. The van der Waals surface area contributed by atoms with E-state index in [2.05, 4.69) is 11.8 Å². The Kier molecular flexibility index (Phi) is 3.93. The van der Waals surface area contributed by atoms with Gasteiger partial charge in [0.15, 0.2) is 0 Å². The SMILES string of the molecule is CC1CCCCCN1c1cc(F)c(C(=O)O)cc1N. The first-order valence-electron chi connectivity index (χ1n) is 6.59. The van der Waals surface area contributed by atoms with Crippen molar-refractivity contribution in [2.45, 2.75) is 38.6 Å². The van der Waals surface area contributed by atoms with E-state index in [1.807, 2.05) is 0 Å². The molecule has 1 unspecified atom stereocenters. The molecule has 2 rings (SSSR count). The molecule has 4 nitrogen and oxygen atoms in total. The predicted molar refractivity (Wildman–Crippen MR) is 73.0 cm³/mol. The van der Waals surface area contributed by atoms with Gasteiger partial charge in [0.2, 0.25) is 0 Å². The summed E-state index contributed by atoms with van der Waals surface area (Å²) in [6.45, 7) is 2.92. The van der Waals surface area contributed by atoms with Crippen LogP contribution in [0.2, 0.25) is 0 Å². The molecule has 1 aromatic carbocycles. The summed E-state index contributed by atoms with van der Waals surface area (Å²) in [5, 5.41) is 8.88. The van der Waals surface area contributed by atoms with E-state index >= 15 is 0 Å². The van der Waals surface area contributed by atoms with Crippen molar-refractivity contribution in [3.8, 4) is 0 Å². The predicted octanol–water partition coefficient (Wildman–Crippen LogP) is 2.88. The Balaban J connectivity index is 2.38. The van der Waals surface area contributed by atoms with Gasteiger partial charge in [-0.3, -0.25) is 0 Å². The van der Waals surface area contributed by atoms with Crippen molar-refractivity contribution in [3.05, 3.63) is 23.5 Å². The highest BCUT2D eigenvalue weighted by molar-refractivity contribution is 5.91. The summed E-state index contributed by atoms with van der Waals surface area (Å²) in [6, 6.07) is 2.76. The van der Waals surface area contributed by atoms with Crippen LogP contribution in [-0.2, 0) is 0 Å². The van der Waals surface area contributed by atoms with Crippen molar-refractivity contribution in [1.82, 2.24) is 0 Å². The largest absolute Gasteiger partial charge is 0.478 e. The van der Waals surface area contributed by atoms with Gasteiger partial charge in [-0.1, -0.05) is 12.8 Å². The number of hydrogen-bond donors (Lipinski definition) is 2. The van der Waals surface area contributed by atoms with Gasteiger partial charge < -0.3 is 15.7 Å². The summed E-state index contributed by atoms with van der Waals surface area (Å²) in [5.74, 6) is -2.02. The second-order valence-electron chi connectivity index (χ2n) is 5.09. The highest BCUT2D eigenvalue weighted by atomic mass is 19.1. The lowest BCUT2D eigenvalue weighted by Crippen LogP contribution is -2.33. The fourth-order valence-corrected chi connectivity index (χ4v) is 2.62. The fraction of sp³-hybridized carbons (Fsp3) is 0.500. The molecule has 104 valence electrons. The molecular weight excluding hydrogens is 247 g/mol. The Bertz CT molecular complexity index is 491. The van der Waals surface area contributed by atoms with Crippen LogP contribution >= 0.6 is 0 Å². The van der Waals surface area contributed by atoms with E-state index in [4.69, 9.17) is 10.8 Å². The van der Waals surface area contributed by atoms with Gasteiger partial charge in [0, 0.05) is 18.7 Å². The van der Waals surface area contributed by atoms with E-state index < -0.39 is 11.8 Å². The number of anilines is 2. The zero-order chi connectivity index (χ0) is 14.0. The Labute approximate surface area is 112 Å². The second-order valence-corrected chi connectivity index (χ2v) is 5.09. The number of benzene rings is 1. The zero-order valence-corrected chi connectivity index (χ0v) is 11.0. The lowest BCUT2D eigenvalue weighted by molar-refractivity contribution is 0.0692. The topological polar surface area (TPSA) is 66.6 Å². The molecule has 0 spiro atoms. The van der Waals surface area contributed by atoms with E-state index in [1.54, 1.807) is 0 Å². The third kappa shape index (κ3) is 2.80. The number of rotatable bonds is 2. The summed E-state index contributed by atoms with van der Waals surface area (Å²) < 4.78 is 13.8. The molecule has 1 aromatic rings. The van der Waals surface area contributed by atoms with Gasteiger partial charge >= 0.3 is 5.97 Å².